The monoisotopic (exact) mass is 360 g/mol. The molecule has 2 heterocycles. The van der Waals surface area contributed by atoms with Crippen LogP contribution in [0.4, 0.5) is 4.39 Å². The Kier molecular flexibility index (Phi) is 4.26. The van der Waals surface area contributed by atoms with E-state index >= 15 is 0 Å². The third-order valence-electron chi connectivity index (χ3n) is 6.47. The Hall–Kier alpha value is -1.95. The quantitative estimate of drug-likeness (QED) is 0.895. The minimum atomic E-state index is -0.917. The Morgan fingerprint density at radius 2 is 2.04 bits per heavy atom. The van der Waals surface area contributed by atoms with Crippen molar-refractivity contribution in [2.24, 2.45) is 17.3 Å². The molecular weight excluding hydrogens is 335 g/mol. The first-order chi connectivity index (χ1) is 12.4. The molecular formula is C20H25FN2O3. The van der Waals surface area contributed by atoms with Gasteiger partial charge in [0.05, 0.1) is 0 Å². The Labute approximate surface area is 152 Å². The zero-order valence-electron chi connectivity index (χ0n) is 15.1. The maximum atomic E-state index is 14.1. The molecule has 3 fully saturated rings. The number of amides is 1. The van der Waals surface area contributed by atoms with Crippen LogP contribution in [0.1, 0.15) is 30.4 Å². The lowest BCUT2D eigenvalue weighted by Gasteiger charge is -2.31. The first-order valence-corrected chi connectivity index (χ1v) is 9.38. The van der Waals surface area contributed by atoms with Crippen LogP contribution >= 0.6 is 0 Å². The van der Waals surface area contributed by atoms with Gasteiger partial charge in [0.1, 0.15) is 11.2 Å². The number of aryl methyl sites for hydroxylation is 1. The fourth-order valence-corrected chi connectivity index (χ4v) is 4.74. The number of aliphatic carboxylic acids is 1. The average molecular weight is 360 g/mol. The number of hydrogen-bond donors (Lipinski definition) is 1. The molecule has 1 saturated carbocycles. The number of carbonyl (C=O) groups is 2. The number of rotatable bonds is 4. The van der Waals surface area contributed by atoms with E-state index in [4.69, 9.17) is 0 Å². The summed E-state index contributed by atoms with van der Waals surface area (Å²) in [5.74, 6) is -0.950. The van der Waals surface area contributed by atoms with Crippen LogP contribution in [0.25, 0.3) is 0 Å². The molecule has 2 saturated heterocycles. The lowest BCUT2D eigenvalue weighted by atomic mass is 9.81. The van der Waals surface area contributed by atoms with Gasteiger partial charge in [0, 0.05) is 50.1 Å². The fourth-order valence-electron chi connectivity index (χ4n) is 4.74. The summed E-state index contributed by atoms with van der Waals surface area (Å²) in [7, 11) is 0. The number of carboxylic acid groups (broad SMARTS) is 1. The van der Waals surface area contributed by atoms with Crippen molar-refractivity contribution in [2.75, 3.05) is 26.2 Å². The van der Waals surface area contributed by atoms with Gasteiger partial charge < -0.3 is 10.0 Å². The average Bonchev–Trinajstić information content (AvgIpc) is 3.04. The molecule has 1 N–H and O–H groups in total. The summed E-state index contributed by atoms with van der Waals surface area (Å²) in [6, 6.07) is 5.02. The Morgan fingerprint density at radius 3 is 2.65 bits per heavy atom. The second kappa shape index (κ2) is 6.34. The molecule has 0 bridgehead atoms. The molecule has 2 atom stereocenters. The maximum Gasteiger partial charge on any atom is 0.313 e. The number of carboxylic acids is 1. The van der Waals surface area contributed by atoms with Crippen LogP contribution in [0.2, 0.25) is 0 Å². The van der Waals surface area contributed by atoms with Gasteiger partial charge in [-0.15, -0.1) is 0 Å². The summed E-state index contributed by atoms with van der Waals surface area (Å²) in [5.41, 5.74) is 0.679. The van der Waals surface area contributed by atoms with E-state index in [1.807, 2.05) is 17.9 Å². The number of halogens is 1. The van der Waals surface area contributed by atoms with Crippen molar-refractivity contribution in [3.8, 4) is 0 Å². The van der Waals surface area contributed by atoms with E-state index < -0.39 is 11.4 Å². The molecule has 6 heteroatoms. The number of carbonyl (C=O) groups excluding carboxylic acids is 1. The largest absolute Gasteiger partial charge is 0.481 e. The molecule has 0 aromatic heterocycles. The molecule has 3 aliphatic rings. The highest BCUT2D eigenvalue weighted by Crippen LogP contribution is 2.44. The topological polar surface area (TPSA) is 60.9 Å². The van der Waals surface area contributed by atoms with E-state index in [-0.39, 0.29) is 30.1 Å². The molecule has 0 spiro atoms. The van der Waals surface area contributed by atoms with Crippen LogP contribution in [0.5, 0.6) is 0 Å². The van der Waals surface area contributed by atoms with Crippen LogP contribution in [0.3, 0.4) is 0 Å². The first kappa shape index (κ1) is 17.5. The lowest BCUT2D eigenvalue weighted by Crippen LogP contribution is -2.44. The maximum absolute atomic E-state index is 14.1. The zero-order chi connectivity index (χ0) is 18.5. The highest BCUT2D eigenvalue weighted by Gasteiger charge is 2.58. The number of likely N-dealkylation sites (tertiary alicyclic amines) is 2. The van der Waals surface area contributed by atoms with Crippen molar-refractivity contribution in [1.29, 1.82) is 0 Å². The van der Waals surface area contributed by atoms with Crippen LogP contribution in [-0.2, 0) is 16.1 Å². The van der Waals surface area contributed by atoms with Gasteiger partial charge in [-0.3, -0.25) is 14.5 Å². The highest BCUT2D eigenvalue weighted by atomic mass is 19.1. The van der Waals surface area contributed by atoms with Crippen LogP contribution < -0.4 is 0 Å². The number of nitrogens with zero attached hydrogens (tertiary/aromatic N) is 2. The minimum Gasteiger partial charge on any atom is -0.481 e. The zero-order valence-corrected chi connectivity index (χ0v) is 15.1. The molecule has 4 rings (SSSR count). The van der Waals surface area contributed by atoms with E-state index in [2.05, 4.69) is 0 Å². The van der Waals surface area contributed by atoms with E-state index in [9.17, 15) is 19.1 Å². The second-order valence-electron chi connectivity index (χ2n) is 8.27. The van der Waals surface area contributed by atoms with Crippen molar-refractivity contribution in [3.63, 3.8) is 0 Å². The molecule has 2 aliphatic heterocycles. The van der Waals surface area contributed by atoms with Crippen LogP contribution in [0, 0.1) is 30.0 Å². The minimum absolute atomic E-state index is 0.0862. The van der Waals surface area contributed by atoms with E-state index in [0.29, 0.717) is 31.7 Å². The van der Waals surface area contributed by atoms with Gasteiger partial charge in [-0.25, -0.2) is 4.39 Å². The predicted molar refractivity (Wildman–Crippen MR) is 93.9 cm³/mol. The van der Waals surface area contributed by atoms with Gasteiger partial charge in [0.2, 0.25) is 5.91 Å². The van der Waals surface area contributed by atoms with Gasteiger partial charge in [-0.2, -0.15) is 0 Å². The normalized spacial score (nSPS) is 28.8. The third kappa shape index (κ3) is 2.80. The van der Waals surface area contributed by atoms with Crippen molar-refractivity contribution >= 4 is 11.9 Å². The van der Waals surface area contributed by atoms with Crippen molar-refractivity contribution < 1.29 is 19.1 Å². The first-order valence-electron chi connectivity index (χ1n) is 9.38. The van der Waals surface area contributed by atoms with E-state index in [0.717, 1.165) is 24.8 Å². The molecule has 1 aromatic rings. The summed E-state index contributed by atoms with van der Waals surface area (Å²) in [6.07, 6.45) is 2.95. The smallest absolute Gasteiger partial charge is 0.313 e. The molecule has 140 valence electrons. The highest BCUT2D eigenvalue weighted by molar-refractivity contribution is 5.83. The van der Waals surface area contributed by atoms with E-state index in [1.54, 1.807) is 11.0 Å². The molecule has 1 amide bonds. The molecule has 1 aliphatic carbocycles. The summed E-state index contributed by atoms with van der Waals surface area (Å²) in [4.78, 5) is 28.5. The van der Waals surface area contributed by atoms with E-state index in [1.165, 1.54) is 6.07 Å². The fraction of sp³-hybridized carbons (Fsp3) is 0.600. The van der Waals surface area contributed by atoms with Gasteiger partial charge in [-0.1, -0.05) is 24.1 Å². The second-order valence-corrected chi connectivity index (χ2v) is 8.27. The van der Waals surface area contributed by atoms with Crippen molar-refractivity contribution in [1.82, 2.24) is 9.80 Å². The SMILES string of the molecule is Cc1ccc(F)c(CN2C[C@H]3CN(C(=O)C4CCC4)C[C@@]3(C(=O)O)C2)c1. The van der Waals surface area contributed by atoms with Crippen LogP contribution in [0.15, 0.2) is 18.2 Å². The van der Waals surface area contributed by atoms with Gasteiger partial charge in [0.15, 0.2) is 0 Å². The van der Waals surface area contributed by atoms with Crippen LogP contribution in [-0.4, -0.2) is 53.0 Å². The molecule has 26 heavy (non-hydrogen) atoms. The van der Waals surface area contributed by atoms with Gasteiger partial charge >= 0.3 is 5.97 Å². The van der Waals surface area contributed by atoms with Crippen molar-refractivity contribution in [2.45, 2.75) is 32.7 Å². The lowest BCUT2D eigenvalue weighted by molar-refractivity contribution is -0.149. The summed E-state index contributed by atoms with van der Waals surface area (Å²) in [6.45, 7) is 4.09. The van der Waals surface area contributed by atoms with Gasteiger partial charge in [-0.05, 0) is 25.8 Å². The summed E-state index contributed by atoms with van der Waals surface area (Å²) < 4.78 is 14.1. The van der Waals surface area contributed by atoms with Crippen molar-refractivity contribution in [3.05, 3.63) is 35.1 Å². The molecule has 5 nitrogen and oxygen atoms in total. The Morgan fingerprint density at radius 1 is 1.27 bits per heavy atom. The summed E-state index contributed by atoms with van der Waals surface area (Å²) in [5, 5.41) is 9.93. The number of fused-ring (bicyclic) bond motifs is 1. The molecule has 1 aromatic carbocycles. The number of benzene rings is 1. The third-order valence-corrected chi connectivity index (χ3v) is 6.47. The summed E-state index contributed by atoms with van der Waals surface area (Å²) >= 11 is 0. The molecule has 0 radical (unpaired) electrons. The molecule has 0 unspecified atom stereocenters. The Bertz CT molecular complexity index is 749. The Balaban J connectivity index is 1.49. The number of hydrogen-bond acceptors (Lipinski definition) is 3. The predicted octanol–water partition coefficient (Wildman–Crippen LogP) is 2.28. The standard InChI is InChI=1S/C20H25FN2O3/c1-13-5-6-17(21)15(7-13)8-22-9-16-10-23(18(24)14-3-2-4-14)12-20(16,11-22)19(25)26/h5-7,14,16H,2-4,8-12H2,1H3,(H,25,26)/t16-,20-/m0/s1. The van der Waals surface area contributed by atoms with Gasteiger partial charge in [0.25, 0.3) is 0 Å².